The summed E-state index contributed by atoms with van der Waals surface area (Å²) in [5, 5.41) is 10.4. The van der Waals surface area contributed by atoms with Crippen molar-refractivity contribution in [3.8, 4) is 5.75 Å². The molecule has 1 atom stereocenters. The number of methoxy groups -OCH3 is 1. The maximum Gasteiger partial charge on any atom is 0.343 e. The number of nitrogens with zero attached hydrogens (tertiary/aromatic N) is 1. The van der Waals surface area contributed by atoms with Gasteiger partial charge in [0.2, 0.25) is 6.54 Å². The van der Waals surface area contributed by atoms with Crippen molar-refractivity contribution in [3.63, 3.8) is 0 Å². The van der Waals surface area contributed by atoms with E-state index in [1.54, 1.807) is 18.2 Å². The highest BCUT2D eigenvalue weighted by molar-refractivity contribution is 5.97. The molecule has 0 amide bonds. The Morgan fingerprint density at radius 1 is 1.56 bits per heavy atom. The second kappa shape index (κ2) is 3.80. The predicted molar refractivity (Wildman–Crippen MR) is 53.0 cm³/mol. The molecule has 0 radical (unpaired) electrons. The lowest BCUT2D eigenvalue weighted by atomic mass is 10.0. The van der Waals surface area contributed by atoms with E-state index in [0.29, 0.717) is 11.3 Å². The van der Waals surface area contributed by atoms with E-state index in [1.165, 1.54) is 7.11 Å². The quantitative estimate of drug-likeness (QED) is 0.436. The van der Waals surface area contributed by atoms with Gasteiger partial charge >= 0.3 is 5.97 Å². The molecular formula is C10H9NO5. The Balaban J connectivity index is 2.43. The van der Waals surface area contributed by atoms with E-state index >= 15 is 0 Å². The van der Waals surface area contributed by atoms with Gasteiger partial charge in [0, 0.05) is 10.5 Å². The van der Waals surface area contributed by atoms with Crippen molar-refractivity contribution in [1.82, 2.24) is 0 Å². The monoisotopic (exact) mass is 223 g/mol. The van der Waals surface area contributed by atoms with Crippen LogP contribution in [0.15, 0.2) is 18.2 Å². The molecule has 6 nitrogen and oxygen atoms in total. The first-order valence-electron chi connectivity index (χ1n) is 4.63. The van der Waals surface area contributed by atoms with Gasteiger partial charge in [-0.05, 0) is 6.07 Å². The fourth-order valence-electron chi connectivity index (χ4n) is 1.73. The van der Waals surface area contributed by atoms with Crippen molar-refractivity contribution in [1.29, 1.82) is 0 Å². The van der Waals surface area contributed by atoms with Crippen LogP contribution in [0.4, 0.5) is 0 Å². The number of esters is 1. The second-order valence-corrected chi connectivity index (χ2v) is 3.33. The molecule has 0 saturated heterocycles. The van der Waals surface area contributed by atoms with E-state index in [-0.39, 0.29) is 5.56 Å². The van der Waals surface area contributed by atoms with E-state index in [9.17, 15) is 14.9 Å². The number of carbonyl (C=O) groups is 1. The van der Waals surface area contributed by atoms with Crippen LogP contribution in [-0.2, 0) is 4.74 Å². The van der Waals surface area contributed by atoms with Crippen LogP contribution in [0.1, 0.15) is 22.0 Å². The van der Waals surface area contributed by atoms with Gasteiger partial charge in [-0.25, -0.2) is 4.79 Å². The Bertz CT molecular complexity index is 457. The Hall–Kier alpha value is -2.11. The topological polar surface area (TPSA) is 78.7 Å². The summed E-state index contributed by atoms with van der Waals surface area (Å²) in [6.07, 6.45) is -0.812. The largest absolute Gasteiger partial charge is 0.496 e. The van der Waals surface area contributed by atoms with Gasteiger partial charge in [-0.1, -0.05) is 12.1 Å². The maximum absolute atomic E-state index is 11.5. The highest BCUT2D eigenvalue weighted by Gasteiger charge is 2.36. The van der Waals surface area contributed by atoms with E-state index < -0.39 is 23.5 Å². The summed E-state index contributed by atoms with van der Waals surface area (Å²) < 4.78 is 9.93. The van der Waals surface area contributed by atoms with Gasteiger partial charge < -0.3 is 9.47 Å². The Morgan fingerprint density at radius 3 is 2.94 bits per heavy atom. The lowest BCUT2D eigenvalue weighted by molar-refractivity contribution is -0.490. The molecule has 0 aliphatic carbocycles. The Kier molecular flexibility index (Phi) is 2.47. The lowest BCUT2D eigenvalue weighted by Crippen LogP contribution is -2.12. The number of carbonyl (C=O) groups excluding carboxylic acids is 1. The number of hydrogen-bond donors (Lipinski definition) is 0. The molecule has 1 heterocycles. The SMILES string of the molecule is COc1cccc2c1C(=O)O[C@H]2C[N+](=O)[O-]. The van der Waals surface area contributed by atoms with Crippen LogP contribution < -0.4 is 4.74 Å². The first-order valence-corrected chi connectivity index (χ1v) is 4.63. The van der Waals surface area contributed by atoms with E-state index in [0.717, 1.165) is 0 Å². The van der Waals surface area contributed by atoms with E-state index in [1.807, 2.05) is 0 Å². The summed E-state index contributed by atoms with van der Waals surface area (Å²) in [6.45, 7) is -0.425. The fraction of sp³-hybridized carbons (Fsp3) is 0.300. The van der Waals surface area contributed by atoms with E-state index in [4.69, 9.17) is 9.47 Å². The van der Waals surface area contributed by atoms with Crippen LogP contribution >= 0.6 is 0 Å². The molecule has 84 valence electrons. The van der Waals surface area contributed by atoms with Crippen LogP contribution in [-0.4, -0.2) is 24.5 Å². The first-order chi connectivity index (χ1) is 7.63. The molecular weight excluding hydrogens is 214 g/mol. The molecule has 1 aromatic rings. The van der Waals surface area contributed by atoms with E-state index in [2.05, 4.69) is 0 Å². The minimum absolute atomic E-state index is 0.289. The maximum atomic E-state index is 11.5. The average Bonchev–Trinajstić information content (AvgIpc) is 2.55. The zero-order chi connectivity index (χ0) is 11.7. The molecule has 2 rings (SSSR count). The summed E-state index contributed by atoms with van der Waals surface area (Å²) in [5.41, 5.74) is 0.804. The molecule has 0 N–H and O–H groups in total. The molecule has 0 fully saturated rings. The van der Waals surface area contributed by atoms with Crippen molar-refractivity contribution in [3.05, 3.63) is 39.4 Å². The second-order valence-electron chi connectivity index (χ2n) is 3.33. The van der Waals surface area contributed by atoms with Crippen molar-refractivity contribution < 1.29 is 19.2 Å². The predicted octanol–water partition coefficient (Wildman–Crippen LogP) is 1.18. The third-order valence-electron chi connectivity index (χ3n) is 2.39. The van der Waals surface area contributed by atoms with Gasteiger partial charge in [-0.2, -0.15) is 0 Å². The standard InChI is InChI=1S/C10H9NO5/c1-15-7-4-2-3-6-8(5-11(13)14)16-10(12)9(6)7/h2-4,8H,5H2,1H3/t8-/m0/s1. The van der Waals surface area contributed by atoms with Crippen LogP contribution in [0.2, 0.25) is 0 Å². The normalized spacial score (nSPS) is 17.8. The zero-order valence-corrected chi connectivity index (χ0v) is 8.50. The van der Waals surface area contributed by atoms with Gasteiger partial charge in [-0.3, -0.25) is 10.1 Å². The average molecular weight is 223 g/mol. The van der Waals surface area contributed by atoms with Crippen molar-refractivity contribution >= 4 is 5.97 Å². The van der Waals surface area contributed by atoms with Crippen LogP contribution in [0.3, 0.4) is 0 Å². The van der Waals surface area contributed by atoms with Crippen LogP contribution in [0.25, 0.3) is 0 Å². The molecule has 0 aromatic heterocycles. The molecule has 16 heavy (non-hydrogen) atoms. The lowest BCUT2D eigenvalue weighted by Gasteiger charge is -2.05. The molecule has 0 bridgehead atoms. The Morgan fingerprint density at radius 2 is 2.31 bits per heavy atom. The summed E-state index contributed by atoms with van der Waals surface area (Å²) in [5.74, 6) is -0.187. The van der Waals surface area contributed by atoms with Crippen molar-refractivity contribution in [2.45, 2.75) is 6.10 Å². The number of cyclic esters (lactones) is 1. The number of nitro groups is 1. The number of hydrogen-bond acceptors (Lipinski definition) is 5. The minimum atomic E-state index is -0.812. The molecule has 0 saturated carbocycles. The summed E-state index contributed by atoms with van der Waals surface area (Å²) >= 11 is 0. The molecule has 1 aliphatic rings. The highest BCUT2D eigenvalue weighted by atomic mass is 16.6. The Labute approximate surface area is 90.9 Å². The van der Waals surface area contributed by atoms with Crippen molar-refractivity contribution in [2.75, 3.05) is 13.7 Å². The molecule has 1 aliphatic heterocycles. The molecule has 0 spiro atoms. The smallest absolute Gasteiger partial charge is 0.343 e. The number of benzene rings is 1. The van der Waals surface area contributed by atoms with Crippen LogP contribution in [0.5, 0.6) is 5.75 Å². The number of rotatable bonds is 3. The van der Waals surface area contributed by atoms with Gasteiger partial charge in [0.25, 0.3) is 0 Å². The number of ether oxygens (including phenoxy) is 2. The molecule has 1 aromatic carbocycles. The van der Waals surface area contributed by atoms with Crippen LogP contribution in [0, 0.1) is 10.1 Å². The van der Waals surface area contributed by atoms with Crippen molar-refractivity contribution in [2.24, 2.45) is 0 Å². The minimum Gasteiger partial charge on any atom is -0.496 e. The fourth-order valence-corrected chi connectivity index (χ4v) is 1.73. The zero-order valence-electron chi connectivity index (χ0n) is 8.50. The summed E-state index contributed by atoms with van der Waals surface area (Å²) in [7, 11) is 1.43. The van der Waals surface area contributed by atoms with Gasteiger partial charge in [-0.15, -0.1) is 0 Å². The summed E-state index contributed by atoms with van der Waals surface area (Å²) in [4.78, 5) is 21.4. The summed E-state index contributed by atoms with van der Waals surface area (Å²) in [6, 6.07) is 4.93. The third kappa shape index (κ3) is 1.58. The third-order valence-corrected chi connectivity index (χ3v) is 2.39. The highest BCUT2D eigenvalue weighted by Crippen LogP contribution is 2.36. The number of fused-ring (bicyclic) bond motifs is 1. The van der Waals surface area contributed by atoms with Gasteiger partial charge in [0.05, 0.1) is 7.11 Å². The van der Waals surface area contributed by atoms with Gasteiger partial charge in [0.15, 0.2) is 6.10 Å². The molecule has 6 heteroatoms. The molecule has 0 unspecified atom stereocenters. The van der Waals surface area contributed by atoms with Gasteiger partial charge in [0.1, 0.15) is 11.3 Å². The first kappa shape index (κ1) is 10.4.